The quantitative estimate of drug-likeness (QED) is 0.662. The summed E-state index contributed by atoms with van der Waals surface area (Å²) in [6.07, 6.45) is -2.70. The summed E-state index contributed by atoms with van der Waals surface area (Å²) in [6, 6.07) is 1.15. The highest BCUT2D eigenvalue weighted by atomic mass is 19.4. The van der Waals surface area contributed by atoms with Gasteiger partial charge >= 0.3 is 13.3 Å². The van der Waals surface area contributed by atoms with Gasteiger partial charge in [-0.3, -0.25) is 0 Å². The second-order valence-corrected chi connectivity index (χ2v) is 5.92. The molecular weight excluding hydrogens is 289 g/mol. The zero-order chi connectivity index (χ0) is 16.1. The van der Waals surface area contributed by atoms with Crippen LogP contribution in [0.25, 0.3) is 6.08 Å². The largest absolute Gasteiger partial charge is 0.525 e. The monoisotopic (exact) mass is 305 g/mol. The Balaban J connectivity index is 2.26. The molecular formula is C13H16BF4NO2. The predicted octanol–water partition coefficient (Wildman–Crippen LogP) is 3.98. The summed E-state index contributed by atoms with van der Waals surface area (Å²) >= 11 is 0. The van der Waals surface area contributed by atoms with Crippen LogP contribution in [0.3, 0.4) is 0 Å². The molecule has 1 aromatic rings. The first-order chi connectivity index (χ1) is 9.44. The maximum absolute atomic E-state index is 14.2. The average Bonchev–Trinajstić information content (AvgIpc) is 2.81. The molecule has 21 heavy (non-hydrogen) atoms. The minimum absolute atomic E-state index is 0.297. The second kappa shape index (κ2) is 4.88. The molecule has 1 aromatic heterocycles. The van der Waals surface area contributed by atoms with Crippen LogP contribution in [0, 0.1) is 0 Å². The van der Waals surface area contributed by atoms with Gasteiger partial charge in [0.2, 0.25) is 0 Å². The van der Waals surface area contributed by atoms with Crippen LogP contribution >= 0.6 is 0 Å². The first-order valence-electron chi connectivity index (χ1n) is 6.41. The number of alkyl halides is 3. The summed E-state index contributed by atoms with van der Waals surface area (Å²) in [5.74, 6) is 0. The molecule has 0 aliphatic carbocycles. The molecule has 0 amide bonds. The molecule has 0 aromatic carbocycles. The van der Waals surface area contributed by atoms with Crippen LogP contribution in [-0.2, 0) is 15.5 Å². The Morgan fingerprint density at radius 3 is 2.19 bits per heavy atom. The summed E-state index contributed by atoms with van der Waals surface area (Å²) in [4.78, 5) is 2.06. The standard InChI is InChI=1S/C13H16BF4NO2/c1-11(2)12(3,4)21-14(20-11)9(15)7-8-5-6-19-10(8)13(16,17)18/h5-7,19H,1-4H3. The van der Waals surface area contributed by atoms with Crippen molar-refractivity contribution in [1.82, 2.24) is 4.98 Å². The SMILES string of the molecule is CC1(C)OB(C(F)=Cc2cc[nH]c2C(F)(F)F)OC1(C)C. The lowest BCUT2D eigenvalue weighted by atomic mass is 9.87. The van der Waals surface area contributed by atoms with Crippen LogP contribution in [0.4, 0.5) is 17.6 Å². The third-order valence-corrected chi connectivity index (χ3v) is 3.83. The van der Waals surface area contributed by atoms with E-state index in [2.05, 4.69) is 4.98 Å². The van der Waals surface area contributed by atoms with Crippen LogP contribution in [-0.4, -0.2) is 23.3 Å². The van der Waals surface area contributed by atoms with Crippen molar-refractivity contribution < 1.29 is 26.9 Å². The molecule has 1 saturated heterocycles. The molecule has 1 N–H and O–H groups in total. The van der Waals surface area contributed by atoms with Crippen molar-refractivity contribution in [3.63, 3.8) is 0 Å². The first-order valence-corrected chi connectivity index (χ1v) is 6.41. The lowest BCUT2D eigenvalue weighted by Gasteiger charge is -2.32. The van der Waals surface area contributed by atoms with Crippen molar-refractivity contribution >= 4 is 13.2 Å². The fourth-order valence-corrected chi connectivity index (χ4v) is 1.92. The Kier molecular flexibility index (Phi) is 3.74. The minimum Gasteiger partial charge on any atom is -0.398 e. The molecule has 0 saturated carbocycles. The van der Waals surface area contributed by atoms with Gasteiger partial charge in [0.1, 0.15) is 11.4 Å². The van der Waals surface area contributed by atoms with Crippen LogP contribution in [0.1, 0.15) is 39.0 Å². The van der Waals surface area contributed by atoms with Gasteiger partial charge in [0.15, 0.2) is 0 Å². The number of halogens is 4. The van der Waals surface area contributed by atoms with Gasteiger partial charge in [-0.15, -0.1) is 0 Å². The number of rotatable bonds is 2. The molecule has 1 fully saturated rings. The van der Waals surface area contributed by atoms with Crippen molar-refractivity contribution in [3.05, 3.63) is 29.2 Å². The molecule has 116 valence electrons. The van der Waals surface area contributed by atoms with E-state index in [9.17, 15) is 17.6 Å². The van der Waals surface area contributed by atoms with Crippen molar-refractivity contribution in [2.24, 2.45) is 0 Å². The number of hydrogen-bond donors (Lipinski definition) is 1. The van der Waals surface area contributed by atoms with Gasteiger partial charge in [0, 0.05) is 11.8 Å². The van der Waals surface area contributed by atoms with Gasteiger partial charge in [-0.25, -0.2) is 4.39 Å². The maximum atomic E-state index is 14.2. The first kappa shape index (κ1) is 16.1. The summed E-state index contributed by atoms with van der Waals surface area (Å²) in [5.41, 5.74) is -3.72. The second-order valence-electron chi connectivity index (χ2n) is 5.92. The van der Waals surface area contributed by atoms with Crippen LogP contribution < -0.4 is 0 Å². The minimum atomic E-state index is -4.58. The van der Waals surface area contributed by atoms with Gasteiger partial charge in [-0.05, 0) is 39.8 Å². The Hall–Kier alpha value is -1.28. The molecule has 2 rings (SSSR count). The Morgan fingerprint density at radius 1 is 1.19 bits per heavy atom. The van der Waals surface area contributed by atoms with Crippen molar-refractivity contribution in [1.29, 1.82) is 0 Å². The number of aromatic amines is 1. The highest BCUT2D eigenvalue weighted by Gasteiger charge is 2.53. The summed E-state index contributed by atoms with van der Waals surface area (Å²) in [7, 11) is -1.31. The molecule has 3 nitrogen and oxygen atoms in total. The predicted molar refractivity (Wildman–Crippen MR) is 71.0 cm³/mol. The average molecular weight is 305 g/mol. The highest BCUT2D eigenvalue weighted by Crippen LogP contribution is 2.39. The summed E-state index contributed by atoms with van der Waals surface area (Å²) < 4.78 is 63.2. The highest BCUT2D eigenvalue weighted by molar-refractivity contribution is 6.54. The van der Waals surface area contributed by atoms with E-state index in [1.54, 1.807) is 27.7 Å². The molecule has 0 atom stereocenters. The third-order valence-electron chi connectivity index (χ3n) is 3.83. The smallest absolute Gasteiger partial charge is 0.398 e. The van der Waals surface area contributed by atoms with Gasteiger partial charge in [-0.1, -0.05) is 0 Å². The van der Waals surface area contributed by atoms with Gasteiger partial charge in [0.05, 0.1) is 11.2 Å². The van der Waals surface area contributed by atoms with E-state index >= 15 is 0 Å². The van der Waals surface area contributed by atoms with E-state index in [0.717, 1.165) is 18.3 Å². The van der Waals surface area contributed by atoms with Gasteiger partial charge < -0.3 is 14.3 Å². The Morgan fingerprint density at radius 2 is 1.71 bits per heavy atom. The molecule has 0 spiro atoms. The molecule has 1 aliphatic heterocycles. The lowest BCUT2D eigenvalue weighted by Crippen LogP contribution is -2.41. The summed E-state index contributed by atoms with van der Waals surface area (Å²) in [6.45, 7) is 6.94. The number of aromatic nitrogens is 1. The van der Waals surface area contributed by atoms with Crippen molar-refractivity contribution in [2.75, 3.05) is 0 Å². The van der Waals surface area contributed by atoms with E-state index in [1.165, 1.54) is 0 Å². The third kappa shape index (κ3) is 3.01. The van der Waals surface area contributed by atoms with Crippen LogP contribution in [0.5, 0.6) is 0 Å². The lowest BCUT2D eigenvalue weighted by molar-refractivity contribution is -0.140. The van der Waals surface area contributed by atoms with Crippen LogP contribution in [0.15, 0.2) is 18.0 Å². The van der Waals surface area contributed by atoms with E-state index in [1.807, 2.05) is 0 Å². The molecule has 1 aliphatic rings. The van der Waals surface area contributed by atoms with Gasteiger partial charge in [0.25, 0.3) is 0 Å². The molecule has 0 unspecified atom stereocenters. The molecule has 0 bridgehead atoms. The fraction of sp³-hybridized carbons (Fsp3) is 0.538. The molecule has 8 heteroatoms. The number of nitrogens with one attached hydrogen (secondary N) is 1. The van der Waals surface area contributed by atoms with E-state index in [-0.39, 0.29) is 5.56 Å². The van der Waals surface area contributed by atoms with E-state index < -0.39 is 35.9 Å². The molecule has 2 heterocycles. The Labute approximate surface area is 120 Å². The summed E-state index contributed by atoms with van der Waals surface area (Å²) in [5, 5.41) is 0. The normalized spacial score (nSPS) is 21.9. The van der Waals surface area contributed by atoms with Crippen molar-refractivity contribution in [3.8, 4) is 0 Å². The maximum Gasteiger partial charge on any atom is 0.525 e. The fourth-order valence-electron chi connectivity index (χ4n) is 1.92. The Bertz CT molecular complexity index is 547. The zero-order valence-electron chi connectivity index (χ0n) is 12.1. The van der Waals surface area contributed by atoms with Gasteiger partial charge in [-0.2, -0.15) is 13.2 Å². The van der Waals surface area contributed by atoms with E-state index in [0.29, 0.717) is 0 Å². The number of hydrogen-bond acceptors (Lipinski definition) is 2. The van der Waals surface area contributed by atoms with E-state index in [4.69, 9.17) is 9.31 Å². The van der Waals surface area contributed by atoms with Crippen LogP contribution in [0.2, 0.25) is 0 Å². The topological polar surface area (TPSA) is 34.2 Å². The van der Waals surface area contributed by atoms with Crippen molar-refractivity contribution in [2.45, 2.75) is 45.1 Å². The molecule has 0 radical (unpaired) electrons. The number of H-pyrrole nitrogens is 1. The zero-order valence-corrected chi connectivity index (χ0v) is 12.1.